The van der Waals surface area contributed by atoms with Gasteiger partial charge in [-0.2, -0.15) is 0 Å². The molecule has 0 saturated carbocycles. The molecule has 0 bridgehead atoms. The Morgan fingerprint density at radius 3 is 1.47 bits per heavy atom. The molecule has 0 rings (SSSR count). The molecule has 0 aliphatic rings. The van der Waals surface area contributed by atoms with E-state index in [2.05, 4.69) is 9.05 Å². The highest BCUT2D eigenvalue weighted by Gasteiger charge is 2.32. The highest BCUT2D eigenvalue weighted by atomic mass is 31.2. The quantitative estimate of drug-likeness (QED) is 0.0947. The van der Waals surface area contributed by atoms with Gasteiger partial charge in [0.2, 0.25) is 0 Å². The Morgan fingerprint density at radius 1 is 0.719 bits per heavy atom. The van der Waals surface area contributed by atoms with E-state index in [0.717, 1.165) is 0 Å². The molecular weight excluding hydrogens is 494 g/mol. The Kier molecular flexibility index (Phi) is 15.9. The van der Waals surface area contributed by atoms with Gasteiger partial charge in [0.25, 0.3) is 0 Å². The van der Waals surface area contributed by atoms with Gasteiger partial charge in [-0.15, -0.1) is 0 Å². The summed E-state index contributed by atoms with van der Waals surface area (Å²) in [4.78, 5) is 54.7. The first-order valence-electron chi connectivity index (χ1n) is 8.14. The van der Waals surface area contributed by atoms with Crippen LogP contribution in [-0.4, -0.2) is 135 Å². The number of aliphatic hydroxyl groups is 8. The fourth-order valence-electron chi connectivity index (χ4n) is 1.51. The zero-order chi connectivity index (χ0) is 25.9. The number of Topliss-reactive ketones (excluding diaryl/α,β-unsaturated/α-hetero) is 2. The number of phosphoric ester groups is 2. The van der Waals surface area contributed by atoms with Crippen molar-refractivity contribution in [2.24, 2.45) is 0 Å². The Morgan fingerprint density at radius 2 is 1.12 bits per heavy atom. The molecule has 0 spiro atoms. The zero-order valence-corrected chi connectivity index (χ0v) is 17.8. The second-order valence-electron chi connectivity index (χ2n) is 5.81. The van der Waals surface area contributed by atoms with Gasteiger partial charge < -0.3 is 60.4 Å². The molecule has 0 fully saturated rings. The van der Waals surface area contributed by atoms with Crippen LogP contribution in [0.25, 0.3) is 0 Å². The third-order valence-electron chi connectivity index (χ3n) is 3.19. The van der Waals surface area contributed by atoms with Crippen LogP contribution >= 0.6 is 15.6 Å². The highest BCUT2D eigenvalue weighted by Crippen LogP contribution is 2.36. The molecule has 12 N–H and O–H groups in total. The van der Waals surface area contributed by atoms with E-state index in [1.165, 1.54) is 0 Å². The topological polar surface area (TPSA) is 330 Å². The number of carbonyl (C=O) groups excluding carboxylic acids is 2. The number of hydrogen-bond acceptors (Lipinski definition) is 14. The van der Waals surface area contributed by atoms with Crippen LogP contribution in [-0.2, 0) is 27.8 Å². The largest absolute Gasteiger partial charge is 0.469 e. The third kappa shape index (κ3) is 15.1. The van der Waals surface area contributed by atoms with Crippen LogP contribution in [0, 0.1) is 0 Å². The Labute approximate surface area is 179 Å². The fraction of sp³-hybridized carbons (Fsp3) is 0.833. The number of carbonyl (C=O) groups is 2. The van der Waals surface area contributed by atoms with Crippen LogP contribution < -0.4 is 0 Å². The van der Waals surface area contributed by atoms with Gasteiger partial charge in [0.1, 0.15) is 43.2 Å². The van der Waals surface area contributed by atoms with Gasteiger partial charge in [-0.3, -0.25) is 18.6 Å². The van der Waals surface area contributed by atoms with Crippen LogP contribution in [0.5, 0.6) is 0 Å². The summed E-state index contributed by atoms with van der Waals surface area (Å²) in [6.07, 6.45) is -11.8. The Bertz CT molecular complexity index is 658. The molecule has 0 aromatic rings. The lowest BCUT2D eigenvalue weighted by Gasteiger charge is -2.21. The van der Waals surface area contributed by atoms with Crippen molar-refractivity contribution in [2.75, 3.05) is 26.4 Å². The van der Waals surface area contributed by atoms with E-state index in [0.29, 0.717) is 0 Å². The molecule has 6 unspecified atom stereocenters. The Hall–Kier alpha value is -0.760. The molecule has 0 amide bonds. The maximum Gasteiger partial charge on any atom is 0.469 e. The lowest BCUT2D eigenvalue weighted by Crippen LogP contribution is -2.45. The van der Waals surface area contributed by atoms with E-state index < -0.39 is 90.3 Å². The summed E-state index contributed by atoms with van der Waals surface area (Å²) in [6.45, 7) is -3.94. The minimum atomic E-state index is -4.81. The van der Waals surface area contributed by atoms with Crippen LogP contribution in [0.3, 0.4) is 0 Å². The molecule has 0 saturated heterocycles. The van der Waals surface area contributed by atoms with E-state index in [1.54, 1.807) is 0 Å². The van der Waals surface area contributed by atoms with E-state index >= 15 is 0 Å². The molecule has 0 heterocycles. The molecule has 0 radical (unpaired) electrons. The van der Waals surface area contributed by atoms with Crippen molar-refractivity contribution in [1.82, 2.24) is 0 Å². The maximum atomic E-state index is 11.0. The maximum absolute atomic E-state index is 11.0. The summed E-state index contributed by atoms with van der Waals surface area (Å²) in [5.41, 5.74) is 0. The highest BCUT2D eigenvalue weighted by molar-refractivity contribution is 7.46. The van der Waals surface area contributed by atoms with Crippen molar-refractivity contribution >= 4 is 27.2 Å². The van der Waals surface area contributed by atoms with Gasteiger partial charge in [-0.25, -0.2) is 9.13 Å². The summed E-state index contributed by atoms with van der Waals surface area (Å²) >= 11 is 0. The average Bonchev–Trinajstić information content (AvgIpc) is 2.71. The van der Waals surface area contributed by atoms with E-state index in [1.807, 2.05) is 0 Å². The summed E-state index contributed by atoms with van der Waals surface area (Å²) in [6, 6.07) is 0. The average molecular weight is 520 g/mol. The second kappa shape index (κ2) is 15.2. The van der Waals surface area contributed by atoms with Crippen molar-refractivity contribution in [1.29, 1.82) is 0 Å². The van der Waals surface area contributed by atoms with E-state index in [4.69, 9.17) is 60.4 Å². The van der Waals surface area contributed by atoms with Gasteiger partial charge in [0, 0.05) is 0 Å². The lowest BCUT2D eigenvalue weighted by molar-refractivity contribution is -0.144. The summed E-state index contributed by atoms with van der Waals surface area (Å²) in [5, 5.41) is 70.9. The Balaban J connectivity index is 0. The van der Waals surface area contributed by atoms with Crippen molar-refractivity contribution < 1.29 is 88.2 Å². The van der Waals surface area contributed by atoms with Gasteiger partial charge >= 0.3 is 15.6 Å². The molecular formula is C12H26O18P2. The standard InChI is InChI=1S/2C6H13O9P/c2*7-1-3(8)5(10)6(11)4(9)2-15-16(12,13)14/h4-7,9-11H,1-2H2,(H2,12,13,14);3-4,6-9,11H,1-2H2,(H2,12,13,14). The lowest BCUT2D eigenvalue weighted by atomic mass is 10.1. The van der Waals surface area contributed by atoms with Crippen LogP contribution in [0.1, 0.15) is 0 Å². The monoisotopic (exact) mass is 520 g/mol. The normalized spacial score (nSPS) is 17.9. The minimum absolute atomic E-state index is 0.942. The SMILES string of the molecule is O=C(C(O)CO)C(O)C(O)COP(=O)(O)O.O=C(CO)C(O)C(O)C(O)COP(=O)(O)O. The summed E-state index contributed by atoms with van der Waals surface area (Å²) in [7, 11) is -9.62. The van der Waals surface area contributed by atoms with E-state index in [-0.39, 0.29) is 0 Å². The molecule has 192 valence electrons. The molecule has 20 heteroatoms. The van der Waals surface area contributed by atoms with Crippen LogP contribution in [0.2, 0.25) is 0 Å². The third-order valence-corrected chi connectivity index (χ3v) is 4.16. The second-order valence-corrected chi connectivity index (χ2v) is 8.29. The predicted molar refractivity (Wildman–Crippen MR) is 96.2 cm³/mol. The van der Waals surface area contributed by atoms with Gasteiger partial charge in [0.15, 0.2) is 11.6 Å². The van der Waals surface area contributed by atoms with Gasteiger partial charge in [-0.1, -0.05) is 0 Å². The molecule has 0 aliphatic carbocycles. The molecule has 0 aliphatic heterocycles. The van der Waals surface area contributed by atoms with E-state index in [9.17, 15) is 18.7 Å². The van der Waals surface area contributed by atoms with Gasteiger partial charge in [-0.05, 0) is 0 Å². The summed E-state index contributed by atoms with van der Waals surface area (Å²) in [5.74, 6) is -2.41. The van der Waals surface area contributed by atoms with Crippen molar-refractivity contribution in [3.63, 3.8) is 0 Å². The number of rotatable bonds is 14. The molecule has 6 atom stereocenters. The van der Waals surface area contributed by atoms with Crippen molar-refractivity contribution in [3.05, 3.63) is 0 Å². The number of aliphatic hydroxyl groups excluding tert-OH is 8. The smallest absolute Gasteiger partial charge is 0.393 e. The molecule has 18 nitrogen and oxygen atoms in total. The first-order chi connectivity index (χ1) is 14.4. The minimum Gasteiger partial charge on any atom is -0.393 e. The molecule has 32 heavy (non-hydrogen) atoms. The first-order valence-corrected chi connectivity index (χ1v) is 11.2. The van der Waals surface area contributed by atoms with Crippen molar-refractivity contribution in [2.45, 2.75) is 36.6 Å². The number of ketones is 2. The zero-order valence-electron chi connectivity index (χ0n) is 16.0. The molecule has 0 aromatic carbocycles. The van der Waals surface area contributed by atoms with Crippen LogP contribution in [0.15, 0.2) is 0 Å². The van der Waals surface area contributed by atoms with Crippen molar-refractivity contribution in [3.8, 4) is 0 Å². The molecule has 0 aromatic heterocycles. The number of hydrogen-bond donors (Lipinski definition) is 12. The first kappa shape index (κ1) is 33.4. The summed E-state index contributed by atoms with van der Waals surface area (Å²) < 4.78 is 28.1. The fourth-order valence-corrected chi connectivity index (χ4v) is 2.20. The number of phosphoric acid groups is 2. The van der Waals surface area contributed by atoms with Crippen LogP contribution in [0.4, 0.5) is 0 Å². The predicted octanol–water partition coefficient (Wildman–Crippen LogP) is -6.52. The van der Waals surface area contributed by atoms with Gasteiger partial charge in [0.05, 0.1) is 19.8 Å².